The van der Waals surface area contributed by atoms with Crippen molar-refractivity contribution in [1.29, 1.82) is 0 Å². The quantitative estimate of drug-likeness (QED) is 0.611. The van der Waals surface area contributed by atoms with Gasteiger partial charge in [-0.3, -0.25) is 0 Å². The summed E-state index contributed by atoms with van der Waals surface area (Å²) in [5.41, 5.74) is 2.88. The molecule has 0 bridgehead atoms. The molecule has 0 aromatic rings. The summed E-state index contributed by atoms with van der Waals surface area (Å²) in [7, 11) is 0. The van der Waals surface area contributed by atoms with E-state index in [9.17, 15) is 5.11 Å². The van der Waals surface area contributed by atoms with Gasteiger partial charge >= 0.3 is 0 Å². The van der Waals surface area contributed by atoms with E-state index in [2.05, 4.69) is 6.58 Å². The molecule has 1 aliphatic carbocycles. The Bertz CT molecular complexity index is 221. The van der Waals surface area contributed by atoms with E-state index in [4.69, 9.17) is 0 Å². The zero-order valence-electron chi connectivity index (χ0n) is 7.57. The lowest BCUT2D eigenvalue weighted by Gasteiger charge is -2.17. The zero-order valence-corrected chi connectivity index (χ0v) is 7.57. The molecular weight excluding hydrogens is 136 g/mol. The van der Waals surface area contributed by atoms with Crippen LogP contribution in [0, 0.1) is 0 Å². The van der Waals surface area contributed by atoms with E-state index in [1.807, 2.05) is 20.8 Å². The topological polar surface area (TPSA) is 20.2 Å². The lowest BCUT2D eigenvalue weighted by molar-refractivity contribution is 0.0999. The summed E-state index contributed by atoms with van der Waals surface area (Å²) in [6, 6.07) is 0. The first-order chi connectivity index (χ1) is 4.95. The highest BCUT2D eigenvalue weighted by Gasteiger charge is 2.31. The highest BCUT2D eigenvalue weighted by atomic mass is 16.3. The standard InChI is InChI=1S/C10H16O/c1-7(2)9-5-6-10(4,11)8(9)3/h11H,1,5-6H2,2-4H3. The van der Waals surface area contributed by atoms with E-state index in [1.54, 1.807) is 0 Å². The molecule has 0 saturated carbocycles. The molecule has 1 unspecified atom stereocenters. The molecule has 0 fully saturated rings. The predicted molar refractivity (Wildman–Crippen MR) is 47.4 cm³/mol. The molecule has 11 heavy (non-hydrogen) atoms. The van der Waals surface area contributed by atoms with Crippen LogP contribution < -0.4 is 0 Å². The first-order valence-corrected chi connectivity index (χ1v) is 4.03. The molecule has 0 heterocycles. The van der Waals surface area contributed by atoms with Gasteiger partial charge in [0.15, 0.2) is 0 Å². The third-order valence-corrected chi connectivity index (χ3v) is 2.64. The number of rotatable bonds is 1. The van der Waals surface area contributed by atoms with Crippen LogP contribution in [-0.2, 0) is 0 Å². The van der Waals surface area contributed by atoms with Gasteiger partial charge in [0.2, 0.25) is 0 Å². The third kappa shape index (κ3) is 1.38. The maximum atomic E-state index is 9.78. The Hall–Kier alpha value is -0.560. The van der Waals surface area contributed by atoms with Crippen molar-refractivity contribution in [2.75, 3.05) is 0 Å². The summed E-state index contributed by atoms with van der Waals surface area (Å²) >= 11 is 0. The summed E-state index contributed by atoms with van der Waals surface area (Å²) in [4.78, 5) is 0. The van der Waals surface area contributed by atoms with Gasteiger partial charge in [0.1, 0.15) is 0 Å². The Balaban J connectivity index is 2.99. The Labute approximate surface area is 68.4 Å². The summed E-state index contributed by atoms with van der Waals surface area (Å²) in [6.07, 6.45) is 1.83. The van der Waals surface area contributed by atoms with Crippen molar-refractivity contribution < 1.29 is 5.11 Å². The summed E-state index contributed by atoms with van der Waals surface area (Å²) in [5, 5.41) is 9.78. The van der Waals surface area contributed by atoms with E-state index >= 15 is 0 Å². The molecule has 0 aromatic carbocycles. The maximum absolute atomic E-state index is 9.78. The molecule has 1 N–H and O–H groups in total. The van der Waals surface area contributed by atoms with Crippen molar-refractivity contribution in [3.05, 3.63) is 23.3 Å². The molecule has 62 valence electrons. The van der Waals surface area contributed by atoms with Crippen molar-refractivity contribution in [2.45, 2.75) is 39.2 Å². The molecule has 0 spiro atoms. The fourth-order valence-corrected chi connectivity index (χ4v) is 1.60. The zero-order chi connectivity index (χ0) is 8.65. The van der Waals surface area contributed by atoms with Gasteiger partial charge in [-0.2, -0.15) is 0 Å². The van der Waals surface area contributed by atoms with E-state index in [0.717, 1.165) is 24.0 Å². The summed E-state index contributed by atoms with van der Waals surface area (Å²) in [6.45, 7) is 9.75. The number of allylic oxidation sites excluding steroid dienone is 2. The first kappa shape index (κ1) is 8.54. The molecule has 0 amide bonds. The van der Waals surface area contributed by atoms with Gasteiger partial charge in [0.25, 0.3) is 0 Å². The van der Waals surface area contributed by atoms with E-state index in [0.29, 0.717) is 0 Å². The van der Waals surface area contributed by atoms with Crippen molar-refractivity contribution in [1.82, 2.24) is 0 Å². The van der Waals surface area contributed by atoms with Crippen LogP contribution in [0.3, 0.4) is 0 Å². The van der Waals surface area contributed by atoms with Crippen LogP contribution in [0.5, 0.6) is 0 Å². The van der Waals surface area contributed by atoms with Gasteiger partial charge in [-0.25, -0.2) is 0 Å². The van der Waals surface area contributed by atoms with Crippen LogP contribution >= 0.6 is 0 Å². The number of hydrogen-bond acceptors (Lipinski definition) is 1. The second-order valence-corrected chi connectivity index (χ2v) is 3.66. The second kappa shape index (κ2) is 2.49. The molecule has 1 atom stereocenters. The predicted octanol–water partition coefficient (Wildman–Crippen LogP) is 2.42. The minimum absolute atomic E-state index is 0.575. The summed E-state index contributed by atoms with van der Waals surface area (Å²) < 4.78 is 0. The molecular formula is C10H16O. The molecule has 0 saturated heterocycles. The fraction of sp³-hybridized carbons (Fsp3) is 0.600. The molecule has 0 radical (unpaired) electrons. The third-order valence-electron chi connectivity index (χ3n) is 2.64. The molecule has 0 aliphatic heterocycles. The number of hydrogen-bond donors (Lipinski definition) is 1. The SMILES string of the molecule is C=C(C)C1=C(C)C(C)(O)CC1. The number of aliphatic hydroxyl groups is 1. The van der Waals surface area contributed by atoms with Gasteiger partial charge in [-0.05, 0) is 44.8 Å². The van der Waals surface area contributed by atoms with E-state index in [1.165, 1.54) is 5.57 Å². The van der Waals surface area contributed by atoms with Crippen molar-refractivity contribution in [3.8, 4) is 0 Å². The minimum Gasteiger partial charge on any atom is -0.386 e. The molecule has 1 aliphatic rings. The average molecular weight is 152 g/mol. The largest absolute Gasteiger partial charge is 0.386 e. The Morgan fingerprint density at radius 1 is 1.64 bits per heavy atom. The molecule has 1 heteroatoms. The summed E-state index contributed by atoms with van der Waals surface area (Å²) in [5.74, 6) is 0. The van der Waals surface area contributed by atoms with Gasteiger partial charge in [-0.15, -0.1) is 0 Å². The van der Waals surface area contributed by atoms with E-state index in [-0.39, 0.29) is 0 Å². The van der Waals surface area contributed by atoms with Gasteiger partial charge in [-0.1, -0.05) is 12.2 Å². The maximum Gasteiger partial charge on any atom is 0.0835 e. The highest BCUT2D eigenvalue weighted by Crippen LogP contribution is 2.37. The van der Waals surface area contributed by atoms with Crippen LogP contribution in [0.25, 0.3) is 0 Å². The van der Waals surface area contributed by atoms with Crippen LogP contribution in [-0.4, -0.2) is 10.7 Å². The molecule has 0 aromatic heterocycles. The van der Waals surface area contributed by atoms with Crippen LogP contribution in [0.1, 0.15) is 33.6 Å². The fourth-order valence-electron chi connectivity index (χ4n) is 1.60. The Morgan fingerprint density at radius 3 is 2.36 bits per heavy atom. The van der Waals surface area contributed by atoms with Crippen LogP contribution in [0.2, 0.25) is 0 Å². The van der Waals surface area contributed by atoms with E-state index < -0.39 is 5.60 Å². The van der Waals surface area contributed by atoms with Gasteiger partial charge in [0, 0.05) is 0 Å². The smallest absolute Gasteiger partial charge is 0.0835 e. The molecule has 1 nitrogen and oxygen atoms in total. The van der Waals surface area contributed by atoms with Gasteiger partial charge in [0.05, 0.1) is 5.60 Å². The normalized spacial score (nSPS) is 31.3. The second-order valence-electron chi connectivity index (χ2n) is 3.66. The van der Waals surface area contributed by atoms with Gasteiger partial charge < -0.3 is 5.11 Å². The molecule has 1 rings (SSSR count). The van der Waals surface area contributed by atoms with Crippen LogP contribution in [0.15, 0.2) is 23.3 Å². The lowest BCUT2D eigenvalue weighted by Crippen LogP contribution is -2.21. The van der Waals surface area contributed by atoms with Crippen molar-refractivity contribution in [3.63, 3.8) is 0 Å². The monoisotopic (exact) mass is 152 g/mol. The minimum atomic E-state index is -0.575. The first-order valence-electron chi connectivity index (χ1n) is 4.03. The average Bonchev–Trinajstić information content (AvgIpc) is 2.09. The van der Waals surface area contributed by atoms with Crippen molar-refractivity contribution in [2.24, 2.45) is 0 Å². The van der Waals surface area contributed by atoms with Crippen LogP contribution in [0.4, 0.5) is 0 Å². The Kier molecular flexibility index (Phi) is 1.93. The Morgan fingerprint density at radius 2 is 2.18 bits per heavy atom. The van der Waals surface area contributed by atoms with Crippen molar-refractivity contribution >= 4 is 0 Å². The highest BCUT2D eigenvalue weighted by molar-refractivity contribution is 5.39. The lowest BCUT2D eigenvalue weighted by atomic mass is 9.98.